The Kier molecular flexibility index (Phi) is 10.2. The molecule has 0 aliphatic rings. The second-order valence-electron chi connectivity index (χ2n) is 10.1. The molecule has 2 heterocycles. The van der Waals surface area contributed by atoms with E-state index in [0.717, 1.165) is 12.1 Å². The van der Waals surface area contributed by atoms with Gasteiger partial charge >= 0.3 is 6.09 Å². The van der Waals surface area contributed by atoms with Crippen LogP contribution in [0.15, 0.2) is 48.7 Å². The molecular formula is C30H34N8O3. The van der Waals surface area contributed by atoms with Crippen molar-refractivity contribution in [3.8, 4) is 17.9 Å². The summed E-state index contributed by atoms with van der Waals surface area (Å²) in [4.78, 5) is 39.7. The van der Waals surface area contributed by atoms with E-state index in [1.54, 1.807) is 76.4 Å². The van der Waals surface area contributed by atoms with Crippen molar-refractivity contribution in [3.63, 3.8) is 0 Å². The number of aromatic nitrogens is 3. The Balaban J connectivity index is 1.74. The van der Waals surface area contributed by atoms with Crippen molar-refractivity contribution in [2.45, 2.75) is 52.7 Å². The van der Waals surface area contributed by atoms with Gasteiger partial charge in [-0.15, -0.1) is 0 Å². The minimum absolute atomic E-state index is 0.300. The van der Waals surface area contributed by atoms with Gasteiger partial charge in [0.1, 0.15) is 29.0 Å². The molecule has 0 aliphatic heterocycles. The predicted molar refractivity (Wildman–Crippen MR) is 158 cm³/mol. The standard InChI is InChI=1S/C30H34N8O3/c1-7-17-32-26-22(19-33-28(37-26)35-24-14-11-21(18-31)12-15-24)13-16-23-9-8-10-25(34-23)36-27(39)20(2)38(6)29(40)41-30(3,4)5/h8-12,14-15,19-20H,7,17H2,1-6H3,(H,34,36,39)(H2,32,33,35,37)/t20-/m0/s1. The van der Waals surface area contributed by atoms with Gasteiger partial charge in [-0.3, -0.25) is 9.69 Å². The highest BCUT2D eigenvalue weighted by Crippen LogP contribution is 2.18. The highest BCUT2D eigenvalue weighted by molar-refractivity contribution is 5.95. The normalized spacial score (nSPS) is 11.2. The smallest absolute Gasteiger partial charge is 0.410 e. The molecule has 2 amide bonds. The molecule has 0 bridgehead atoms. The average Bonchev–Trinajstić information content (AvgIpc) is 2.94. The van der Waals surface area contributed by atoms with Crippen LogP contribution in [-0.4, -0.2) is 57.1 Å². The molecule has 212 valence electrons. The summed E-state index contributed by atoms with van der Waals surface area (Å²) in [6.07, 6.45) is 1.91. The van der Waals surface area contributed by atoms with E-state index in [2.05, 4.69) is 48.8 Å². The minimum Gasteiger partial charge on any atom is -0.444 e. The Bertz CT molecular complexity index is 1480. The van der Waals surface area contributed by atoms with Crippen molar-refractivity contribution in [2.24, 2.45) is 0 Å². The fourth-order valence-electron chi connectivity index (χ4n) is 3.27. The summed E-state index contributed by atoms with van der Waals surface area (Å²) in [7, 11) is 1.51. The monoisotopic (exact) mass is 554 g/mol. The Labute approximate surface area is 240 Å². The maximum atomic E-state index is 12.8. The third kappa shape index (κ3) is 9.22. The molecule has 0 saturated heterocycles. The number of anilines is 4. The largest absolute Gasteiger partial charge is 0.444 e. The van der Waals surface area contributed by atoms with Gasteiger partial charge in [0.25, 0.3) is 0 Å². The molecule has 0 aliphatic carbocycles. The van der Waals surface area contributed by atoms with Gasteiger partial charge in [0.05, 0.1) is 23.4 Å². The van der Waals surface area contributed by atoms with Crippen LogP contribution >= 0.6 is 0 Å². The van der Waals surface area contributed by atoms with Crippen molar-refractivity contribution in [2.75, 3.05) is 29.5 Å². The SMILES string of the molecule is CCCNc1nc(Nc2ccc(C#N)cc2)ncc1C#Cc1cccc(NC(=O)[C@H](C)N(C)C(=O)OC(C)(C)C)n1. The van der Waals surface area contributed by atoms with Crippen LogP contribution in [0.1, 0.15) is 57.9 Å². The van der Waals surface area contributed by atoms with Crippen molar-refractivity contribution in [1.82, 2.24) is 19.9 Å². The molecule has 3 rings (SSSR count). The van der Waals surface area contributed by atoms with Gasteiger partial charge in [0.15, 0.2) is 0 Å². The molecule has 3 aromatic rings. The third-order valence-corrected chi connectivity index (χ3v) is 5.57. The Morgan fingerprint density at radius 2 is 1.83 bits per heavy atom. The summed E-state index contributed by atoms with van der Waals surface area (Å²) in [6, 6.07) is 13.4. The summed E-state index contributed by atoms with van der Waals surface area (Å²) < 4.78 is 5.34. The molecule has 0 saturated carbocycles. The molecule has 0 unspecified atom stereocenters. The van der Waals surface area contributed by atoms with E-state index in [-0.39, 0.29) is 0 Å². The number of likely N-dealkylation sites (N-methyl/N-ethyl adjacent to an activating group) is 1. The lowest BCUT2D eigenvalue weighted by Crippen LogP contribution is -2.45. The fourth-order valence-corrected chi connectivity index (χ4v) is 3.27. The maximum Gasteiger partial charge on any atom is 0.410 e. The van der Waals surface area contributed by atoms with E-state index < -0.39 is 23.6 Å². The number of carbonyl (C=O) groups is 2. The van der Waals surface area contributed by atoms with Gasteiger partial charge in [0, 0.05) is 19.3 Å². The molecule has 0 radical (unpaired) electrons. The van der Waals surface area contributed by atoms with Crippen LogP contribution in [0.3, 0.4) is 0 Å². The Morgan fingerprint density at radius 3 is 2.49 bits per heavy atom. The Hall–Kier alpha value is -5.16. The number of nitrogens with one attached hydrogen (secondary N) is 3. The van der Waals surface area contributed by atoms with Crippen LogP contribution in [0.2, 0.25) is 0 Å². The van der Waals surface area contributed by atoms with Gasteiger partial charge in [-0.2, -0.15) is 10.2 Å². The first kappa shape index (κ1) is 30.4. The molecule has 11 nitrogen and oxygen atoms in total. The first-order valence-electron chi connectivity index (χ1n) is 13.1. The van der Waals surface area contributed by atoms with Crippen molar-refractivity contribution >= 4 is 35.3 Å². The first-order chi connectivity index (χ1) is 19.5. The molecule has 2 aromatic heterocycles. The molecule has 1 aromatic carbocycles. The molecular weight excluding hydrogens is 520 g/mol. The lowest BCUT2D eigenvalue weighted by molar-refractivity contribution is -0.120. The lowest BCUT2D eigenvalue weighted by Gasteiger charge is -2.28. The van der Waals surface area contributed by atoms with Crippen LogP contribution in [0, 0.1) is 23.2 Å². The van der Waals surface area contributed by atoms with E-state index in [0.29, 0.717) is 40.9 Å². The van der Waals surface area contributed by atoms with Crippen LogP contribution in [-0.2, 0) is 9.53 Å². The van der Waals surface area contributed by atoms with E-state index in [1.807, 2.05) is 6.92 Å². The van der Waals surface area contributed by atoms with Crippen LogP contribution in [0.25, 0.3) is 0 Å². The zero-order valence-corrected chi connectivity index (χ0v) is 24.1. The second kappa shape index (κ2) is 13.8. The first-order valence-corrected chi connectivity index (χ1v) is 13.1. The van der Waals surface area contributed by atoms with Crippen molar-refractivity contribution in [1.29, 1.82) is 5.26 Å². The summed E-state index contributed by atoms with van der Waals surface area (Å²) in [5, 5.41) is 18.1. The molecule has 11 heteroatoms. The number of rotatable bonds is 8. The number of nitrogens with zero attached hydrogens (tertiary/aromatic N) is 5. The number of hydrogen-bond acceptors (Lipinski definition) is 9. The quantitative estimate of drug-likeness (QED) is 0.331. The number of pyridine rings is 1. The van der Waals surface area contributed by atoms with Crippen LogP contribution in [0.5, 0.6) is 0 Å². The molecule has 3 N–H and O–H groups in total. The van der Waals surface area contributed by atoms with Crippen molar-refractivity contribution in [3.05, 3.63) is 65.5 Å². The van der Waals surface area contributed by atoms with Gasteiger partial charge in [-0.1, -0.05) is 18.9 Å². The molecule has 0 spiro atoms. The summed E-state index contributed by atoms with van der Waals surface area (Å²) in [5.41, 5.74) is 1.64. The summed E-state index contributed by atoms with van der Waals surface area (Å²) in [6.45, 7) is 9.63. The average molecular weight is 555 g/mol. The fraction of sp³-hybridized carbons (Fsp3) is 0.333. The highest BCUT2D eigenvalue weighted by Gasteiger charge is 2.27. The maximum absolute atomic E-state index is 12.8. The van der Waals surface area contributed by atoms with Gasteiger partial charge < -0.3 is 20.7 Å². The van der Waals surface area contributed by atoms with E-state index in [4.69, 9.17) is 10.00 Å². The van der Waals surface area contributed by atoms with Crippen LogP contribution in [0.4, 0.5) is 28.1 Å². The molecule has 1 atom stereocenters. The minimum atomic E-state index is -0.790. The number of benzene rings is 1. The van der Waals surface area contributed by atoms with Gasteiger partial charge in [-0.05, 0) is 76.4 Å². The van der Waals surface area contributed by atoms with Gasteiger partial charge in [0.2, 0.25) is 11.9 Å². The predicted octanol–water partition coefficient (Wildman–Crippen LogP) is 4.90. The lowest BCUT2D eigenvalue weighted by atomic mass is 10.2. The highest BCUT2D eigenvalue weighted by atomic mass is 16.6. The number of hydrogen-bond donors (Lipinski definition) is 3. The summed E-state index contributed by atoms with van der Waals surface area (Å²) in [5.74, 6) is 6.89. The van der Waals surface area contributed by atoms with E-state index in [1.165, 1.54) is 11.9 Å². The second-order valence-corrected chi connectivity index (χ2v) is 10.1. The topological polar surface area (TPSA) is 145 Å². The van der Waals surface area contributed by atoms with E-state index >= 15 is 0 Å². The van der Waals surface area contributed by atoms with E-state index in [9.17, 15) is 9.59 Å². The summed E-state index contributed by atoms with van der Waals surface area (Å²) >= 11 is 0. The van der Waals surface area contributed by atoms with Crippen LogP contribution < -0.4 is 16.0 Å². The number of nitriles is 1. The third-order valence-electron chi connectivity index (χ3n) is 5.57. The molecule has 41 heavy (non-hydrogen) atoms. The zero-order valence-electron chi connectivity index (χ0n) is 24.1. The number of carbonyl (C=O) groups excluding carboxylic acids is 2. The zero-order chi connectivity index (χ0) is 30.0. The van der Waals surface area contributed by atoms with Crippen molar-refractivity contribution < 1.29 is 14.3 Å². The van der Waals surface area contributed by atoms with Gasteiger partial charge in [-0.25, -0.2) is 14.8 Å². The number of ether oxygens (including phenoxy) is 1. The molecule has 0 fully saturated rings. The number of amides is 2. The Morgan fingerprint density at radius 1 is 1.10 bits per heavy atom.